The molecule has 4 saturated carbocycles. The lowest BCUT2D eigenvalue weighted by Gasteiger charge is -2.58. The van der Waals surface area contributed by atoms with Crippen LogP contribution in [0.4, 0.5) is 4.79 Å². The maximum atomic E-state index is 13.5. The van der Waals surface area contributed by atoms with Gasteiger partial charge in [0.15, 0.2) is 0 Å². The minimum atomic E-state index is -0.296. The van der Waals surface area contributed by atoms with Crippen LogP contribution >= 0.6 is 0 Å². The average molecular weight is 491 g/mol. The first-order chi connectivity index (χ1) is 17.4. The third kappa shape index (κ3) is 4.28. The molecule has 3 atom stereocenters. The van der Waals surface area contributed by atoms with E-state index < -0.39 is 0 Å². The topological polar surface area (TPSA) is 96.7 Å². The Bertz CT molecular complexity index is 1030. The van der Waals surface area contributed by atoms with Crippen molar-refractivity contribution in [2.75, 3.05) is 26.2 Å². The van der Waals surface area contributed by atoms with Gasteiger partial charge in [0.05, 0.1) is 23.2 Å². The zero-order chi connectivity index (χ0) is 24.9. The molecule has 3 amide bonds. The summed E-state index contributed by atoms with van der Waals surface area (Å²) >= 11 is 0. The summed E-state index contributed by atoms with van der Waals surface area (Å²) in [5.41, 5.74) is 1.63. The molecule has 0 spiro atoms. The molecule has 6 aliphatic rings. The van der Waals surface area contributed by atoms with Gasteiger partial charge in [0.1, 0.15) is 0 Å². The van der Waals surface area contributed by atoms with Gasteiger partial charge in [-0.3, -0.25) is 4.79 Å². The van der Waals surface area contributed by atoms with Gasteiger partial charge in [-0.1, -0.05) is 12.1 Å². The van der Waals surface area contributed by atoms with E-state index in [0.29, 0.717) is 35.8 Å². The van der Waals surface area contributed by atoms with Gasteiger partial charge in [0.2, 0.25) is 5.91 Å². The molecule has 2 N–H and O–H groups in total. The summed E-state index contributed by atoms with van der Waals surface area (Å²) in [5, 5.41) is 23.0. The largest absolute Gasteiger partial charge is 0.393 e. The Hall–Kier alpha value is -2.59. The number of piperidine rings is 2. The van der Waals surface area contributed by atoms with E-state index in [0.717, 1.165) is 77.4 Å². The molecule has 1 aromatic carbocycles. The standard InChI is InChI=1S/C29H38N4O3/c30-17-19-3-5-21(6-4-19)22-7-10-32(11-8-22)28(36)33-9-1-2-25(18-33)31-27(35)29-14-20-12-23(15-29)26(34)24(13-20)16-29/h3-6,20,22-26,34H,1-2,7-16,18H2,(H,31,35)/t20?,23?,24?,25-,26?,29?/m0/s1. The van der Waals surface area contributed by atoms with Crippen molar-refractivity contribution < 1.29 is 14.7 Å². The molecular formula is C29H38N4O3. The van der Waals surface area contributed by atoms with Crippen LogP contribution in [-0.2, 0) is 4.79 Å². The molecule has 4 bridgehead atoms. The lowest BCUT2D eigenvalue weighted by molar-refractivity contribution is -0.163. The lowest BCUT2D eigenvalue weighted by Crippen LogP contribution is -2.61. The van der Waals surface area contributed by atoms with Gasteiger partial charge in [-0.25, -0.2) is 4.79 Å². The first-order valence-electron chi connectivity index (χ1n) is 14.0. The summed E-state index contributed by atoms with van der Waals surface area (Å²) in [4.78, 5) is 30.8. The Labute approximate surface area is 213 Å². The van der Waals surface area contributed by atoms with Gasteiger partial charge in [-0.05, 0) is 99.2 Å². The Kier molecular flexibility index (Phi) is 6.19. The molecule has 2 heterocycles. The third-order valence-electron chi connectivity index (χ3n) is 10.0. The van der Waals surface area contributed by atoms with Crippen molar-refractivity contribution in [1.29, 1.82) is 5.26 Å². The average Bonchev–Trinajstić information content (AvgIpc) is 2.91. The van der Waals surface area contributed by atoms with E-state index in [1.807, 2.05) is 34.1 Å². The van der Waals surface area contributed by atoms with Crippen molar-refractivity contribution in [2.45, 2.75) is 75.9 Å². The van der Waals surface area contributed by atoms with Gasteiger partial charge >= 0.3 is 6.03 Å². The monoisotopic (exact) mass is 490 g/mol. The van der Waals surface area contributed by atoms with Gasteiger partial charge in [0.25, 0.3) is 0 Å². The van der Waals surface area contributed by atoms with Crippen molar-refractivity contribution in [1.82, 2.24) is 15.1 Å². The smallest absolute Gasteiger partial charge is 0.320 e. The summed E-state index contributed by atoms with van der Waals surface area (Å²) in [6.07, 6.45) is 8.29. The molecule has 0 radical (unpaired) electrons. The fourth-order valence-electron chi connectivity index (χ4n) is 8.32. The number of urea groups is 1. The number of aliphatic hydroxyl groups excluding tert-OH is 1. The number of rotatable bonds is 3. The second kappa shape index (κ2) is 9.37. The summed E-state index contributed by atoms with van der Waals surface area (Å²) in [6.45, 7) is 2.83. The molecule has 7 heteroatoms. The van der Waals surface area contributed by atoms with E-state index in [1.54, 1.807) is 0 Å². The van der Waals surface area contributed by atoms with Crippen molar-refractivity contribution in [3.05, 3.63) is 35.4 Å². The number of carbonyl (C=O) groups is 2. The number of likely N-dealkylation sites (tertiary alicyclic amines) is 2. The van der Waals surface area contributed by atoms with Crippen LogP contribution in [-0.4, -0.2) is 65.2 Å². The van der Waals surface area contributed by atoms with E-state index >= 15 is 0 Å². The molecule has 0 aromatic heterocycles. The zero-order valence-electron chi connectivity index (χ0n) is 21.1. The Morgan fingerprint density at radius 1 is 0.972 bits per heavy atom. The highest BCUT2D eigenvalue weighted by Crippen LogP contribution is 2.60. The van der Waals surface area contributed by atoms with Crippen molar-refractivity contribution in [2.24, 2.45) is 23.2 Å². The number of carbonyl (C=O) groups excluding carboxylic acids is 2. The molecule has 192 valence electrons. The summed E-state index contributed by atoms with van der Waals surface area (Å²) in [7, 11) is 0. The fourth-order valence-corrected chi connectivity index (χ4v) is 8.32. The number of nitrogens with one attached hydrogen (secondary N) is 1. The van der Waals surface area contributed by atoms with Crippen molar-refractivity contribution >= 4 is 11.9 Å². The van der Waals surface area contributed by atoms with Crippen LogP contribution in [0, 0.1) is 34.5 Å². The van der Waals surface area contributed by atoms with Crippen LogP contribution in [0.2, 0.25) is 0 Å². The van der Waals surface area contributed by atoms with E-state index in [-0.39, 0.29) is 29.5 Å². The van der Waals surface area contributed by atoms with E-state index in [1.165, 1.54) is 5.56 Å². The molecular weight excluding hydrogens is 452 g/mol. The van der Waals surface area contributed by atoms with E-state index in [2.05, 4.69) is 11.4 Å². The molecule has 2 saturated heterocycles. The highest BCUT2D eigenvalue weighted by atomic mass is 16.3. The number of aliphatic hydroxyl groups is 1. The molecule has 1 aromatic rings. The number of nitrogens with zero attached hydrogens (tertiary/aromatic N) is 3. The molecule has 36 heavy (non-hydrogen) atoms. The minimum Gasteiger partial charge on any atom is -0.393 e. The molecule has 7 rings (SSSR count). The fraction of sp³-hybridized carbons (Fsp3) is 0.690. The number of hydrogen-bond donors (Lipinski definition) is 2. The van der Waals surface area contributed by atoms with E-state index in [4.69, 9.17) is 5.26 Å². The Balaban J connectivity index is 1.03. The first kappa shape index (κ1) is 23.8. The van der Waals surface area contributed by atoms with Crippen LogP contribution in [0.25, 0.3) is 0 Å². The second-order valence-electron chi connectivity index (χ2n) is 12.3. The summed E-state index contributed by atoms with van der Waals surface area (Å²) < 4.78 is 0. The predicted octanol–water partition coefficient (Wildman–Crippen LogP) is 3.63. The minimum absolute atomic E-state index is 0.0179. The lowest BCUT2D eigenvalue weighted by atomic mass is 9.48. The van der Waals surface area contributed by atoms with Gasteiger partial charge in [0, 0.05) is 32.2 Å². The highest BCUT2D eigenvalue weighted by Gasteiger charge is 2.58. The van der Waals surface area contributed by atoms with Crippen LogP contribution in [0.3, 0.4) is 0 Å². The third-order valence-corrected chi connectivity index (χ3v) is 10.0. The van der Waals surface area contributed by atoms with Gasteiger partial charge < -0.3 is 20.2 Å². The van der Waals surface area contributed by atoms with Crippen LogP contribution in [0.15, 0.2) is 24.3 Å². The molecule has 7 nitrogen and oxygen atoms in total. The van der Waals surface area contributed by atoms with Gasteiger partial charge in [-0.2, -0.15) is 5.26 Å². The zero-order valence-corrected chi connectivity index (χ0v) is 21.1. The van der Waals surface area contributed by atoms with Gasteiger partial charge in [-0.15, -0.1) is 0 Å². The van der Waals surface area contributed by atoms with Crippen molar-refractivity contribution in [3.63, 3.8) is 0 Å². The summed E-state index contributed by atoms with van der Waals surface area (Å²) in [5.74, 6) is 1.77. The SMILES string of the molecule is N#Cc1ccc(C2CCN(C(=O)N3CCC[C@H](NC(=O)C45CC6CC(C4)C(O)C(C6)C5)C3)CC2)cc1. The maximum Gasteiger partial charge on any atom is 0.320 e. The quantitative estimate of drug-likeness (QED) is 0.676. The maximum absolute atomic E-state index is 13.5. The van der Waals surface area contributed by atoms with Crippen LogP contribution in [0.1, 0.15) is 74.8 Å². The van der Waals surface area contributed by atoms with E-state index in [9.17, 15) is 14.7 Å². The van der Waals surface area contributed by atoms with Crippen molar-refractivity contribution in [3.8, 4) is 6.07 Å². The Morgan fingerprint density at radius 3 is 2.33 bits per heavy atom. The normalized spacial score (nSPS) is 35.9. The Morgan fingerprint density at radius 2 is 1.67 bits per heavy atom. The molecule has 2 aliphatic heterocycles. The predicted molar refractivity (Wildman–Crippen MR) is 135 cm³/mol. The molecule has 4 aliphatic carbocycles. The molecule has 6 fully saturated rings. The number of amides is 3. The highest BCUT2D eigenvalue weighted by molar-refractivity contribution is 5.83. The molecule has 2 unspecified atom stereocenters. The van der Waals surface area contributed by atoms with Crippen LogP contribution < -0.4 is 5.32 Å². The van der Waals surface area contributed by atoms with Crippen LogP contribution in [0.5, 0.6) is 0 Å². The number of nitriles is 1. The first-order valence-corrected chi connectivity index (χ1v) is 14.0. The second-order valence-corrected chi connectivity index (χ2v) is 12.3. The number of hydrogen-bond acceptors (Lipinski definition) is 4. The number of benzene rings is 1. The summed E-state index contributed by atoms with van der Waals surface area (Å²) in [6, 6.07) is 10.1.